The molecule has 0 saturated heterocycles. The Bertz CT molecular complexity index is 2580. The molecule has 0 spiro atoms. The molecule has 4 aliphatic rings. The number of carbonyl (C=O) groups excluding carboxylic acids is 1. The SMILES string of the molecule is CCC(C)(C)C(C)(CC)C(C)(CC)C(C)(CC)C(C)(CC)C(C)(CC)C(C)(CC)C(C)(CC)C(C)(CC)C(C)(CC)C(C)(CC)C(C)(CC)C(C)(CC)C(C)(CC)C(C)(CC)C(C)(CC)C(C)(CC)C(C)(CC)C(C)(CC)C(C)(CC)C(=O)OC12CC3CC(O)(CC(O)(C3)C1)C2. The van der Waals surface area contributed by atoms with E-state index in [1.165, 1.54) is 19.3 Å². The summed E-state index contributed by atoms with van der Waals surface area (Å²) in [6.45, 7) is 109. The standard InChI is InChI=1S/C92H178O4/c1-42-70(21,22)72(24,44-3)74(26,46-5)76(28,48-7)78(30,50-9)80(32,52-11)82(34,54-13)84(36,56-15)86(38,58-17)88(40,60-19)89(41,61-20)87(39,59-18)85(37,57-16)83(35,55-14)81(33,53-12)79(31,51-10)77(29,49-8)75(27,47-6)73(25,45-4)71(23,43-2)69(93)96-92-64-68-62-90(94,66-92)65-91(95,63-68)67-92/h68,94-95H,42-67H2,1-41H3. The highest BCUT2D eigenvalue weighted by atomic mass is 16.6. The molecule has 21 unspecified atom stereocenters. The summed E-state index contributed by atoms with van der Waals surface area (Å²) >= 11 is 0. The van der Waals surface area contributed by atoms with Gasteiger partial charge in [0.1, 0.15) is 5.60 Å². The van der Waals surface area contributed by atoms with Crippen LogP contribution in [0.3, 0.4) is 0 Å². The van der Waals surface area contributed by atoms with Crippen molar-refractivity contribution in [3.8, 4) is 0 Å². The van der Waals surface area contributed by atoms with Gasteiger partial charge in [-0.15, -0.1) is 0 Å². The van der Waals surface area contributed by atoms with E-state index in [4.69, 9.17) is 4.74 Å². The van der Waals surface area contributed by atoms with Crippen LogP contribution in [-0.4, -0.2) is 33.0 Å². The van der Waals surface area contributed by atoms with E-state index in [9.17, 15) is 10.2 Å². The van der Waals surface area contributed by atoms with Gasteiger partial charge < -0.3 is 14.9 Å². The molecular weight excluding hydrogens is 1170 g/mol. The first-order chi connectivity index (χ1) is 43.5. The Labute approximate surface area is 604 Å². The Kier molecular flexibility index (Phi) is 26.5. The molecule has 4 rings (SSSR count). The second-order valence-corrected chi connectivity index (χ2v) is 40.3. The van der Waals surface area contributed by atoms with Crippen LogP contribution >= 0.6 is 0 Å². The van der Waals surface area contributed by atoms with E-state index in [1.54, 1.807) is 0 Å². The Morgan fingerprint density at radius 1 is 0.260 bits per heavy atom. The van der Waals surface area contributed by atoms with E-state index >= 15 is 4.79 Å². The van der Waals surface area contributed by atoms with E-state index in [2.05, 4.69) is 284 Å². The molecule has 4 nitrogen and oxygen atoms in total. The minimum atomic E-state index is -0.985. The lowest BCUT2D eigenvalue weighted by molar-refractivity contribution is -0.308. The average molecular weight is 1350 g/mol. The van der Waals surface area contributed by atoms with E-state index in [-0.39, 0.29) is 109 Å². The predicted molar refractivity (Wildman–Crippen MR) is 424 cm³/mol. The number of rotatable bonds is 41. The van der Waals surface area contributed by atoms with Crippen molar-refractivity contribution in [1.82, 2.24) is 0 Å². The first-order valence-electron chi connectivity index (χ1n) is 42.2. The molecule has 0 aromatic rings. The van der Waals surface area contributed by atoms with E-state index < -0.39 is 27.6 Å². The first-order valence-corrected chi connectivity index (χ1v) is 42.2. The molecule has 4 heteroatoms. The number of carbonyl (C=O) groups is 1. The second kappa shape index (κ2) is 28.4. The van der Waals surface area contributed by atoms with Gasteiger partial charge in [0.05, 0.1) is 16.6 Å². The second-order valence-electron chi connectivity index (χ2n) is 40.3. The molecule has 96 heavy (non-hydrogen) atoms. The van der Waals surface area contributed by atoms with E-state index in [0.717, 1.165) is 109 Å². The van der Waals surface area contributed by atoms with Crippen LogP contribution in [0.15, 0.2) is 0 Å². The minimum Gasteiger partial charge on any atom is -0.458 e. The largest absolute Gasteiger partial charge is 0.458 e. The number of hydrogen-bond acceptors (Lipinski definition) is 4. The molecular formula is C92H178O4. The van der Waals surface area contributed by atoms with Gasteiger partial charge in [0.2, 0.25) is 0 Å². The lowest BCUT2D eigenvalue weighted by Gasteiger charge is -2.79. The quantitative estimate of drug-likeness (QED) is 0.0599. The summed E-state index contributed by atoms with van der Waals surface area (Å²) in [5, 5.41) is 24.0. The van der Waals surface area contributed by atoms with Crippen molar-refractivity contribution in [3.63, 3.8) is 0 Å². The molecule has 21 atom stereocenters. The molecule has 0 amide bonds. The average Bonchev–Trinajstić information content (AvgIpc) is 0.665. The van der Waals surface area contributed by atoms with Gasteiger partial charge in [0.25, 0.3) is 0 Å². The number of ether oxygens (including phenoxy) is 1. The molecule has 0 radical (unpaired) electrons. The molecule has 4 fully saturated rings. The molecule has 4 aliphatic carbocycles. The fraction of sp³-hybridized carbons (Fsp3) is 0.989. The lowest BCUT2D eigenvalue weighted by atomic mass is 9.25. The molecule has 0 heterocycles. The fourth-order valence-electron chi connectivity index (χ4n) is 31.1. The van der Waals surface area contributed by atoms with Gasteiger partial charge in [-0.2, -0.15) is 0 Å². The van der Waals surface area contributed by atoms with Crippen LogP contribution in [0.2, 0.25) is 0 Å². The Morgan fingerprint density at radius 2 is 0.438 bits per heavy atom. The van der Waals surface area contributed by atoms with E-state index in [1.807, 2.05) is 0 Å². The predicted octanol–water partition coefficient (Wildman–Crippen LogP) is 29.1. The fourth-order valence-corrected chi connectivity index (χ4v) is 31.1. The van der Waals surface area contributed by atoms with Gasteiger partial charge >= 0.3 is 5.97 Å². The zero-order chi connectivity index (χ0) is 75.7. The molecule has 4 bridgehead atoms. The van der Waals surface area contributed by atoms with Crippen LogP contribution in [0, 0.1) is 114 Å². The van der Waals surface area contributed by atoms with Crippen molar-refractivity contribution < 1.29 is 19.7 Å². The highest BCUT2D eigenvalue weighted by molar-refractivity contribution is 5.78. The van der Waals surface area contributed by atoms with Crippen molar-refractivity contribution in [3.05, 3.63) is 0 Å². The monoisotopic (exact) mass is 1350 g/mol. The zero-order valence-corrected chi connectivity index (χ0v) is 73.7. The van der Waals surface area contributed by atoms with Gasteiger partial charge in [-0.25, -0.2) is 0 Å². The summed E-state index contributed by atoms with van der Waals surface area (Å²) < 4.78 is 7.16. The van der Waals surface area contributed by atoms with Gasteiger partial charge in [0, 0.05) is 19.3 Å². The van der Waals surface area contributed by atoms with Gasteiger partial charge in [0.15, 0.2) is 0 Å². The maximum absolute atomic E-state index is 16.1. The van der Waals surface area contributed by atoms with Crippen molar-refractivity contribution in [2.24, 2.45) is 114 Å². The molecule has 570 valence electrons. The summed E-state index contributed by atoms with van der Waals surface area (Å²) in [5.41, 5.74) is -5.83. The summed E-state index contributed by atoms with van der Waals surface area (Å²) in [6.07, 6.45) is 24.7. The first kappa shape index (κ1) is 89.6. The highest BCUT2D eigenvalue weighted by Crippen LogP contribution is 2.85. The lowest BCUT2D eigenvalue weighted by Crippen LogP contribution is -2.72. The van der Waals surface area contributed by atoms with Crippen LogP contribution in [0.25, 0.3) is 0 Å². The minimum absolute atomic E-state index is 0.0153. The van der Waals surface area contributed by atoms with Crippen LogP contribution in [-0.2, 0) is 9.53 Å². The third kappa shape index (κ3) is 10.6. The Balaban J connectivity index is 2.63. The third-order valence-electron chi connectivity index (χ3n) is 42.5. The number of aliphatic hydroxyl groups is 2. The summed E-state index contributed by atoms with van der Waals surface area (Å²) in [6, 6.07) is 0. The smallest absolute Gasteiger partial charge is 0.312 e. The molecule has 0 aromatic carbocycles. The third-order valence-corrected chi connectivity index (χ3v) is 42.5. The number of hydrogen-bond donors (Lipinski definition) is 2. The Morgan fingerprint density at radius 3 is 0.594 bits per heavy atom. The maximum Gasteiger partial charge on any atom is 0.312 e. The van der Waals surface area contributed by atoms with Crippen molar-refractivity contribution in [2.45, 2.75) is 468 Å². The van der Waals surface area contributed by atoms with Crippen molar-refractivity contribution in [2.75, 3.05) is 0 Å². The van der Waals surface area contributed by atoms with E-state index in [0.29, 0.717) is 38.5 Å². The zero-order valence-electron chi connectivity index (χ0n) is 73.7. The molecule has 0 aromatic heterocycles. The van der Waals surface area contributed by atoms with Gasteiger partial charge in [-0.3, -0.25) is 4.79 Å². The van der Waals surface area contributed by atoms with Crippen LogP contribution in [0.5, 0.6) is 0 Å². The molecule has 2 N–H and O–H groups in total. The van der Waals surface area contributed by atoms with Crippen LogP contribution < -0.4 is 0 Å². The normalized spacial score (nSPS) is 32.3. The van der Waals surface area contributed by atoms with Crippen LogP contribution in [0.1, 0.15) is 451 Å². The Hall–Kier alpha value is -0.610. The van der Waals surface area contributed by atoms with Crippen LogP contribution in [0.4, 0.5) is 0 Å². The number of esters is 1. The summed E-state index contributed by atoms with van der Waals surface area (Å²) in [7, 11) is 0. The summed E-state index contributed by atoms with van der Waals surface area (Å²) in [4.78, 5) is 16.1. The topological polar surface area (TPSA) is 66.8 Å². The summed E-state index contributed by atoms with van der Waals surface area (Å²) in [5.74, 6) is 0.0474. The molecule has 0 aliphatic heterocycles. The van der Waals surface area contributed by atoms with Crippen molar-refractivity contribution in [1.29, 1.82) is 0 Å². The van der Waals surface area contributed by atoms with Gasteiger partial charge in [-0.1, -0.05) is 283 Å². The van der Waals surface area contributed by atoms with Gasteiger partial charge in [-0.05, 0) is 257 Å². The van der Waals surface area contributed by atoms with Crippen molar-refractivity contribution >= 4 is 5.97 Å². The maximum atomic E-state index is 16.1. The highest BCUT2D eigenvalue weighted by Gasteiger charge is 2.79. The molecule has 4 saturated carbocycles.